The number of nitrogens with zero attached hydrogens (tertiary/aromatic N) is 1. The Balaban J connectivity index is 1.59. The molecule has 1 aliphatic rings. The Labute approximate surface area is 240 Å². The van der Waals surface area contributed by atoms with Gasteiger partial charge in [-0.15, -0.1) is 0 Å². The predicted molar refractivity (Wildman–Crippen MR) is 161 cm³/mol. The van der Waals surface area contributed by atoms with Crippen LogP contribution in [-0.2, 0) is 24.1 Å². The molecule has 4 aromatic rings. The molecule has 2 aromatic carbocycles. The molecule has 0 atom stereocenters. The second-order valence-electron chi connectivity index (χ2n) is 10.9. The molecule has 5 rings (SSSR count). The summed E-state index contributed by atoms with van der Waals surface area (Å²) in [4.78, 5) is 33.2. The third kappa shape index (κ3) is 6.64. The normalized spacial score (nSPS) is 13.0. The van der Waals surface area contributed by atoms with Gasteiger partial charge in [0.25, 0.3) is 5.56 Å². The predicted octanol–water partition coefficient (Wildman–Crippen LogP) is 5.49. The van der Waals surface area contributed by atoms with E-state index in [-0.39, 0.29) is 11.5 Å². The van der Waals surface area contributed by atoms with E-state index < -0.39 is 0 Å². The summed E-state index contributed by atoms with van der Waals surface area (Å²) in [6, 6.07) is 12.0. The van der Waals surface area contributed by atoms with E-state index in [0.29, 0.717) is 42.4 Å². The van der Waals surface area contributed by atoms with Crippen LogP contribution in [0.4, 0.5) is 0 Å². The highest BCUT2D eigenvalue weighted by Crippen LogP contribution is 2.35. The number of benzene rings is 2. The average Bonchev–Trinajstić information content (AvgIpc) is 3.80. The highest BCUT2D eigenvalue weighted by atomic mass is 16.5. The van der Waals surface area contributed by atoms with Gasteiger partial charge in [-0.1, -0.05) is 13.3 Å². The second-order valence-corrected chi connectivity index (χ2v) is 10.9. The molecule has 0 bridgehead atoms. The summed E-state index contributed by atoms with van der Waals surface area (Å²) in [7, 11) is 3.22. The maximum absolute atomic E-state index is 13.6. The van der Waals surface area contributed by atoms with Crippen molar-refractivity contribution in [3.05, 3.63) is 69.3 Å². The molecule has 1 fully saturated rings. The van der Waals surface area contributed by atoms with Crippen molar-refractivity contribution >= 4 is 27.6 Å². The molecule has 41 heavy (non-hydrogen) atoms. The van der Waals surface area contributed by atoms with Crippen LogP contribution in [0.15, 0.2) is 41.2 Å². The number of hydrogen-bond acceptors (Lipinski definition) is 6. The van der Waals surface area contributed by atoms with Crippen LogP contribution in [0, 0.1) is 5.92 Å². The number of fused-ring (bicyclic) bond motifs is 2. The topological polar surface area (TPSA) is 103 Å². The number of aromatic amines is 1. The summed E-state index contributed by atoms with van der Waals surface area (Å²) in [5, 5.41) is 5.64. The van der Waals surface area contributed by atoms with E-state index in [2.05, 4.69) is 23.3 Å². The van der Waals surface area contributed by atoms with Gasteiger partial charge in [-0.3, -0.25) is 14.6 Å². The number of hydrogen-bond donors (Lipinski definition) is 2. The summed E-state index contributed by atoms with van der Waals surface area (Å²) < 4.78 is 17.2. The van der Waals surface area contributed by atoms with Gasteiger partial charge in [0, 0.05) is 47.6 Å². The van der Waals surface area contributed by atoms with Crippen molar-refractivity contribution in [3.8, 4) is 17.2 Å². The molecule has 0 unspecified atom stereocenters. The standard InChI is InChI=1S/C33H39N3O5/c1-5-7-30-26-18-32(40-4)31(39-3)17-25(26)27(33(38)36-30)16-23-14-22-15-24(41-19-21-9-10-21)11-12-29(22)35-28(23)8-6-13-34-20(2)37/h11-12,14-15,17-18,21H,5-10,13,16,19H2,1-4H3,(H,34,37)(H,36,38). The zero-order valence-corrected chi connectivity index (χ0v) is 24.4. The van der Waals surface area contributed by atoms with Crippen molar-refractivity contribution in [2.24, 2.45) is 5.92 Å². The van der Waals surface area contributed by atoms with Crippen LogP contribution in [0.25, 0.3) is 21.7 Å². The minimum atomic E-state index is -0.112. The monoisotopic (exact) mass is 557 g/mol. The van der Waals surface area contributed by atoms with E-state index in [1.165, 1.54) is 19.8 Å². The van der Waals surface area contributed by atoms with Crippen LogP contribution >= 0.6 is 0 Å². The minimum Gasteiger partial charge on any atom is -0.493 e. The fraction of sp³-hybridized carbons (Fsp3) is 0.424. The number of ether oxygens (including phenoxy) is 3. The smallest absolute Gasteiger partial charge is 0.252 e. The Bertz CT molecular complexity index is 1620. The van der Waals surface area contributed by atoms with E-state index in [1.807, 2.05) is 30.3 Å². The summed E-state index contributed by atoms with van der Waals surface area (Å²) in [5.41, 5.74) is 4.21. The second kappa shape index (κ2) is 12.6. The summed E-state index contributed by atoms with van der Waals surface area (Å²) in [5.74, 6) is 2.65. The Kier molecular flexibility index (Phi) is 8.76. The van der Waals surface area contributed by atoms with Crippen LogP contribution in [-0.4, -0.2) is 43.2 Å². The molecule has 8 heteroatoms. The molecule has 0 aliphatic heterocycles. The lowest BCUT2D eigenvalue weighted by atomic mass is 9.94. The number of pyridine rings is 2. The molecule has 0 radical (unpaired) electrons. The lowest BCUT2D eigenvalue weighted by Crippen LogP contribution is -2.21. The molecule has 2 N–H and O–H groups in total. The average molecular weight is 558 g/mol. The highest BCUT2D eigenvalue weighted by Gasteiger charge is 2.22. The number of rotatable bonds is 13. The van der Waals surface area contributed by atoms with Crippen LogP contribution in [0.1, 0.15) is 62.0 Å². The van der Waals surface area contributed by atoms with Crippen LogP contribution in [0.2, 0.25) is 0 Å². The van der Waals surface area contributed by atoms with Gasteiger partial charge in [-0.05, 0) is 85.4 Å². The molecule has 1 aliphatic carbocycles. The highest BCUT2D eigenvalue weighted by molar-refractivity contribution is 5.91. The first kappa shape index (κ1) is 28.5. The van der Waals surface area contributed by atoms with Gasteiger partial charge < -0.3 is 24.5 Å². The summed E-state index contributed by atoms with van der Waals surface area (Å²) >= 11 is 0. The zero-order valence-electron chi connectivity index (χ0n) is 24.4. The SMILES string of the molecule is CCCc1[nH]c(=O)c(Cc2cc3cc(OCC4CC4)ccc3nc2CCCNC(C)=O)c2cc(OC)c(OC)cc12. The number of carbonyl (C=O) groups is 1. The maximum atomic E-state index is 13.6. The molecule has 2 heterocycles. The lowest BCUT2D eigenvalue weighted by Gasteiger charge is -2.16. The van der Waals surface area contributed by atoms with Gasteiger partial charge >= 0.3 is 0 Å². The number of H-pyrrole nitrogens is 1. The largest absolute Gasteiger partial charge is 0.493 e. The third-order valence-electron chi connectivity index (χ3n) is 7.68. The van der Waals surface area contributed by atoms with E-state index in [0.717, 1.165) is 70.2 Å². The maximum Gasteiger partial charge on any atom is 0.252 e. The van der Waals surface area contributed by atoms with Gasteiger partial charge in [-0.25, -0.2) is 0 Å². The van der Waals surface area contributed by atoms with Gasteiger partial charge in [0.1, 0.15) is 5.75 Å². The first-order valence-electron chi connectivity index (χ1n) is 14.5. The molecule has 0 spiro atoms. The van der Waals surface area contributed by atoms with E-state index in [1.54, 1.807) is 14.2 Å². The van der Waals surface area contributed by atoms with Gasteiger partial charge in [0.15, 0.2) is 11.5 Å². The van der Waals surface area contributed by atoms with Crippen LogP contribution in [0.5, 0.6) is 17.2 Å². The number of carbonyl (C=O) groups excluding carboxylic acids is 1. The van der Waals surface area contributed by atoms with E-state index in [4.69, 9.17) is 19.2 Å². The van der Waals surface area contributed by atoms with Crippen LogP contribution in [0.3, 0.4) is 0 Å². The summed E-state index contributed by atoms with van der Waals surface area (Å²) in [6.45, 7) is 4.92. The molecule has 8 nitrogen and oxygen atoms in total. The van der Waals surface area contributed by atoms with Crippen molar-refractivity contribution in [1.82, 2.24) is 15.3 Å². The van der Waals surface area contributed by atoms with Gasteiger partial charge in [0.2, 0.25) is 5.91 Å². The molecule has 1 amide bonds. The van der Waals surface area contributed by atoms with Crippen molar-refractivity contribution in [3.63, 3.8) is 0 Å². The first-order chi connectivity index (χ1) is 19.9. The Morgan fingerprint density at radius 1 is 1.05 bits per heavy atom. The van der Waals surface area contributed by atoms with Gasteiger partial charge in [0.05, 0.1) is 26.3 Å². The lowest BCUT2D eigenvalue weighted by molar-refractivity contribution is -0.118. The molecule has 0 saturated heterocycles. The van der Waals surface area contributed by atoms with Crippen LogP contribution < -0.4 is 25.1 Å². The molecular formula is C33H39N3O5. The Hall–Kier alpha value is -4.07. The van der Waals surface area contributed by atoms with Crippen molar-refractivity contribution in [1.29, 1.82) is 0 Å². The number of aryl methyl sites for hydroxylation is 2. The fourth-order valence-corrected chi connectivity index (χ4v) is 5.31. The summed E-state index contributed by atoms with van der Waals surface area (Å²) in [6.07, 6.45) is 5.93. The van der Waals surface area contributed by atoms with E-state index in [9.17, 15) is 9.59 Å². The first-order valence-corrected chi connectivity index (χ1v) is 14.5. The quantitative estimate of drug-likeness (QED) is 0.211. The molecule has 216 valence electrons. The van der Waals surface area contributed by atoms with E-state index >= 15 is 0 Å². The molecule has 2 aromatic heterocycles. The Morgan fingerprint density at radius 2 is 1.80 bits per heavy atom. The number of amides is 1. The number of methoxy groups -OCH3 is 2. The fourth-order valence-electron chi connectivity index (χ4n) is 5.31. The minimum absolute atomic E-state index is 0.0510. The number of aromatic nitrogens is 2. The molecular weight excluding hydrogens is 518 g/mol. The Morgan fingerprint density at radius 3 is 2.49 bits per heavy atom. The number of nitrogens with one attached hydrogen (secondary N) is 2. The van der Waals surface area contributed by atoms with Crippen molar-refractivity contribution in [2.45, 2.75) is 58.8 Å². The molecule has 1 saturated carbocycles. The van der Waals surface area contributed by atoms with Crippen molar-refractivity contribution in [2.75, 3.05) is 27.4 Å². The van der Waals surface area contributed by atoms with Gasteiger partial charge in [-0.2, -0.15) is 0 Å². The van der Waals surface area contributed by atoms with Crippen molar-refractivity contribution < 1.29 is 19.0 Å². The zero-order chi connectivity index (χ0) is 28.9. The third-order valence-corrected chi connectivity index (χ3v) is 7.68.